The van der Waals surface area contributed by atoms with Crippen molar-refractivity contribution >= 4 is 17.8 Å². The minimum absolute atomic E-state index is 0.169. The second-order valence-electron chi connectivity index (χ2n) is 8.13. The highest BCUT2D eigenvalue weighted by atomic mass is 16.5. The van der Waals surface area contributed by atoms with Crippen molar-refractivity contribution in [3.8, 4) is 11.5 Å². The number of hydrogen-bond donors (Lipinski definition) is 0. The molecule has 1 atom stereocenters. The summed E-state index contributed by atoms with van der Waals surface area (Å²) in [5.74, 6) is 0.834. The standard InChI is InChI=1S/C26H21NO4/c1-15(2)17-7-5-16(6-8-17)12-22-25(29)19-9-10-21-24(26(19)31-22)20(13-23(28)30-21)18-4-3-11-27-14-18/h3-12,14-15,20H,13H2,1-2H3. The monoisotopic (exact) mass is 411 g/mol. The molecule has 0 radical (unpaired) electrons. The van der Waals surface area contributed by atoms with Crippen molar-refractivity contribution in [2.24, 2.45) is 0 Å². The molecule has 2 aliphatic rings. The predicted molar refractivity (Wildman–Crippen MR) is 116 cm³/mol. The summed E-state index contributed by atoms with van der Waals surface area (Å²) in [7, 11) is 0. The lowest BCUT2D eigenvalue weighted by molar-refractivity contribution is -0.135. The highest BCUT2D eigenvalue weighted by Crippen LogP contribution is 2.48. The number of carbonyl (C=O) groups is 2. The number of allylic oxidation sites excluding steroid dienone is 1. The minimum atomic E-state index is -0.313. The van der Waals surface area contributed by atoms with Crippen LogP contribution >= 0.6 is 0 Å². The average Bonchev–Trinajstić information content (AvgIpc) is 3.09. The van der Waals surface area contributed by atoms with Gasteiger partial charge < -0.3 is 9.47 Å². The summed E-state index contributed by atoms with van der Waals surface area (Å²) in [5.41, 5.74) is 4.21. The number of hydrogen-bond acceptors (Lipinski definition) is 5. The van der Waals surface area contributed by atoms with E-state index in [-0.39, 0.29) is 29.9 Å². The van der Waals surface area contributed by atoms with Crippen molar-refractivity contribution < 1.29 is 19.1 Å². The fourth-order valence-corrected chi connectivity index (χ4v) is 4.10. The van der Waals surface area contributed by atoms with E-state index in [1.54, 1.807) is 30.6 Å². The summed E-state index contributed by atoms with van der Waals surface area (Å²) in [4.78, 5) is 29.4. The Hall–Kier alpha value is -3.73. The lowest BCUT2D eigenvalue weighted by atomic mass is 9.85. The van der Waals surface area contributed by atoms with Gasteiger partial charge in [0.2, 0.25) is 5.78 Å². The Bertz CT molecular complexity index is 1210. The number of nitrogens with zero attached hydrogens (tertiary/aromatic N) is 1. The molecule has 0 spiro atoms. The van der Waals surface area contributed by atoms with E-state index in [0.717, 1.165) is 16.7 Å². The number of pyridine rings is 1. The maximum absolute atomic E-state index is 13.1. The Labute approximate surface area is 180 Å². The van der Waals surface area contributed by atoms with E-state index in [2.05, 4.69) is 31.0 Å². The molecular weight excluding hydrogens is 390 g/mol. The fourth-order valence-electron chi connectivity index (χ4n) is 4.10. The molecule has 3 heterocycles. The number of Topliss-reactive ketones (excluding diaryl/α,β-unsaturated/α-hetero) is 1. The molecule has 0 amide bonds. The van der Waals surface area contributed by atoms with Gasteiger partial charge in [-0.1, -0.05) is 44.2 Å². The Morgan fingerprint density at radius 1 is 1.03 bits per heavy atom. The van der Waals surface area contributed by atoms with Crippen molar-refractivity contribution in [1.29, 1.82) is 0 Å². The first-order valence-electron chi connectivity index (χ1n) is 10.3. The molecule has 1 unspecified atom stereocenters. The van der Waals surface area contributed by atoms with Crippen LogP contribution in [0.3, 0.4) is 0 Å². The molecule has 154 valence electrons. The lowest BCUT2D eigenvalue weighted by Crippen LogP contribution is -2.21. The first-order valence-corrected chi connectivity index (χ1v) is 10.3. The molecule has 3 aromatic rings. The summed E-state index contributed by atoms with van der Waals surface area (Å²) in [6.07, 6.45) is 5.35. The van der Waals surface area contributed by atoms with Crippen molar-refractivity contribution in [3.05, 3.63) is 94.5 Å². The highest BCUT2D eigenvalue weighted by molar-refractivity contribution is 6.15. The van der Waals surface area contributed by atoms with Crippen LogP contribution in [0.5, 0.6) is 11.5 Å². The van der Waals surface area contributed by atoms with Gasteiger partial charge in [0.1, 0.15) is 11.5 Å². The van der Waals surface area contributed by atoms with Gasteiger partial charge in [-0.05, 0) is 46.9 Å². The first kappa shape index (κ1) is 19.2. The van der Waals surface area contributed by atoms with Gasteiger partial charge in [-0.15, -0.1) is 0 Å². The number of aromatic nitrogens is 1. The van der Waals surface area contributed by atoms with Gasteiger partial charge in [-0.25, -0.2) is 0 Å². The number of ketones is 1. The molecule has 0 bridgehead atoms. The fraction of sp³-hybridized carbons (Fsp3) is 0.192. The van der Waals surface area contributed by atoms with Crippen LogP contribution in [0.25, 0.3) is 6.08 Å². The third kappa shape index (κ3) is 3.42. The molecule has 1 aromatic heterocycles. The third-order valence-corrected chi connectivity index (χ3v) is 5.77. The molecule has 5 rings (SSSR count). The van der Waals surface area contributed by atoms with E-state index in [1.165, 1.54) is 5.56 Å². The van der Waals surface area contributed by atoms with Gasteiger partial charge in [-0.3, -0.25) is 14.6 Å². The van der Waals surface area contributed by atoms with Crippen LogP contribution in [0, 0.1) is 0 Å². The summed E-state index contributed by atoms with van der Waals surface area (Å²) in [6, 6.07) is 15.2. The number of carbonyl (C=O) groups excluding carboxylic acids is 2. The number of fused-ring (bicyclic) bond motifs is 3. The van der Waals surface area contributed by atoms with Gasteiger partial charge in [0.15, 0.2) is 5.76 Å². The van der Waals surface area contributed by atoms with Crippen LogP contribution in [0.15, 0.2) is 66.7 Å². The van der Waals surface area contributed by atoms with Crippen molar-refractivity contribution in [2.45, 2.75) is 32.1 Å². The molecule has 0 fully saturated rings. The van der Waals surface area contributed by atoms with Crippen molar-refractivity contribution in [2.75, 3.05) is 0 Å². The van der Waals surface area contributed by atoms with Crippen molar-refractivity contribution in [3.63, 3.8) is 0 Å². The minimum Gasteiger partial charge on any atom is -0.452 e. The zero-order valence-electron chi connectivity index (χ0n) is 17.3. The molecular formula is C26H21NO4. The Morgan fingerprint density at radius 3 is 2.55 bits per heavy atom. The largest absolute Gasteiger partial charge is 0.452 e. The number of ether oxygens (including phenoxy) is 2. The predicted octanol–water partition coefficient (Wildman–Crippen LogP) is 5.26. The van der Waals surface area contributed by atoms with Gasteiger partial charge in [0, 0.05) is 23.9 Å². The lowest BCUT2D eigenvalue weighted by Gasteiger charge is -2.26. The van der Waals surface area contributed by atoms with Crippen molar-refractivity contribution in [1.82, 2.24) is 4.98 Å². The Morgan fingerprint density at radius 2 is 1.84 bits per heavy atom. The van der Waals surface area contributed by atoms with E-state index in [1.807, 2.05) is 24.3 Å². The highest BCUT2D eigenvalue weighted by Gasteiger charge is 2.38. The second-order valence-corrected chi connectivity index (χ2v) is 8.13. The molecule has 0 N–H and O–H groups in total. The number of esters is 1. The maximum atomic E-state index is 13.1. The molecule has 31 heavy (non-hydrogen) atoms. The summed E-state index contributed by atoms with van der Waals surface area (Å²) in [6.45, 7) is 4.28. The van der Waals surface area contributed by atoms with E-state index in [9.17, 15) is 9.59 Å². The maximum Gasteiger partial charge on any atom is 0.312 e. The van der Waals surface area contributed by atoms with Crippen LogP contribution in [-0.4, -0.2) is 16.7 Å². The normalized spacial score (nSPS) is 18.5. The SMILES string of the molecule is CC(C)c1ccc(C=C2Oc3c(ccc4c3C(c3cccnc3)CC(=O)O4)C2=O)cc1. The van der Waals surface area contributed by atoms with Crippen LogP contribution in [0.1, 0.15) is 64.7 Å². The van der Waals surface area contributed by atoms with Gasteiger partial charge in [0.25, 0.3) is 0 Å². The number of benzene rings is 2. The Kier molecular flexibility index (Phi) is 4.66. The third-order valence-electron chi connectivity index (χ3n) is 5.77. The second kappa shape index (κ2) is 7.51. The van der Waals surface area contributed by atoms with Crippen LogP contribution in [-0.2, 0) is 4.79 Å². The molecule has 0 saturated carbocycles. The van der Waals surface area contributed by atoms with Crippen LogP contribution in [0.2, 0.25) is 0 Å². The molecule has 2 aliphatic heterocycles. The summed E-state index contributed by atoms with van der Waals surface area (Å²) >= 11 is 0. The topological polar surface area (TPSA) is 65.5 Å². The molecule has 0 aliphatic carbocycles. The molecule has 0 saturated heterocycles. The smallest absolute Gasteiger partial charge is 0.312 e. The zero-order chi connectivity index (χ0) is 21.5. The average molecular weight is 411 g/mol. The van der Waals surface area contributed by atoms with Gasteiger partial charge in [-0.2, -0.15) is 0 Å². The van der Waals surface area contributed by atoms with E-state index in [4.69, 9.17) is 9.47 Å². The van der Waals surface area contributed by atoms with E-state index in [0.29, 0.717) is 23.0 Å². The summed E-state index contributed by atoms with van der Waals surface area (Å²) in [5, 5.41) is 0. The quantitative estimate of drug-likeness (QED) is 0.334. The molecule has 2 aromatic carbocycles. The Balaban J connectivity index is 1.56. The van der Waals surface area contributed by atoms with E-state index >= 15 is 0 Å². The first-order chi connectivity index (χ1) is 15.0. The van der Waals surface area contributed by atoms with Crippen LogP contribution in [0.4, 0.5) is 0 Å². The van der Waals surface area contributed by atoms with Crippen LogP contribution < -0.4 is 9.47 Å². The zero-order valence-corrected chi connectivity index (χ0v) is 17.3. The summed E-state index contributed by atoms with van der Waals surface area (Å²) < 4.78 is 11.5. The molecule has 5 heteroatoms. The van der Waals surface area contributed by atoms with Gasteiger partial charge in [0.05, 0.1) is 12.0 Å². The van der Waals surface area contributed by atoms with E-state index < -0.39 is 0 Å². The molecule has 5 nitrogen and oxygen atoms in total. The van der Waals surface area contributed by atoms with Gasteiger partial charge >= 0.3 is 5.97 Å². The number of rotatable bonds is 3.